The highest BCUT2D eigenvalue weighted by Crippen LogP contribution is 2.21. The van der Waals surface area contributed by atoms with Gasteiger partial charge in [0.15, 0.2) is 5.82 Å². The Morgan fingerprint density at radius 1 is 1.15 bits per heavy atom. The maximum atomic E-state index is 8.97. The summed E-state index contributed by atoms with van der Waals surface area (Å²) in [5.74, 6) is 0.730. The molecule has 0 saturated carbocycles. The van der Waals surface area contributed by atoms with Gasteiger partial charge in [0.1, 0.15) is 5.01 Å². The minimum absolute atomic E-state index is 0.0204. The van der Waals surface area contributed by atoms with Gasteiger partial charge < -0.3 is 10.4 Å². The molecule has 0 unspecified atom stereocenters. The minimum atomic E-state index is -0.0204. The van der Waals surface area contributed by atoms with E-state index in [-0.39, 0.29) is 6.61 Å². The molecular formula is C13H12N4OS2. The second kappa shape index (κ2) is 6.08. The lowest BCUT2D eigenvalue weighted by Gasteiger charge is -1.97. The van der Waals surface area contributed by atoms with Crippen molar-refractivity contribution in [3.63, 3.8) is 0 Å². The van der Waals surface area contributed by atoms with Crippen LogP contribution in [0.15, 0.2) is 35.7 Å². The van der Waals surface area contributed by atoms with Crippen LogP contribution < -0.4 is 5.32 Å². The Morgan fingerprint density at radius 3 is 2.75 bits per heavy atom. The highest BCUT2D eigenvalue weighted by atomic mass is 32.1. The maximum absolute atomic E-state index is 8.97. The Bertz CT molecular complexity index is 681. The van der Waals surface area contributed by atoms with Crippen LogP contribution in [0.3, 0.4) is 0 Å². The van der Waals surface area contributed by atoms with E-state index in [0.29, 0.717) is 12.2 Å². The summed E-state index contributed by atoms with van der Waals surface area (Å²) in [5.41, 5.74) is 1.71. The molecule has 0 saturated heterocycles. The predicted molar refractivity (Wildman–Crippen MR) is 80.7 cm³/mol. The van der Waals surface area contributed by atoms with Crippen LogP contribution >= 0.6 is 22.9 Å². The molecule has 0 radical (unpaired) electrons. The third-order valence-electron chi connectivity index (χ3n) is 2.61. The SMILES string of the molecule is OCc1csc(CNc2nc(-c3ccccc3)ns2)n1. The Labute approximate surface area is 124 Å². The van der Waals surface area contributed by atoms with Crippen LogP contribution in [0.5, 0.6) is 0 Å². The zero-order valence-corrected chi connectivity index (χ0v) is 12.1. The molecule has 2 aromatic heterocycles. The summed E-state index contributed by atoms with van der Waals surface area (Å²) in [7, 11) is 0. The first kappa shape index (κ1) is 13.2. The molecule has 1 aromatic carbocycles. The highest BCUT2D eigenvalue weighted by molar-refractivity contribution is 7.10. The van der Waals surface area contributed by atoms with Gasteiger partial charge in [-0.1, -0.05) is 30.3 Å². The number of thiazole rings is 1. The topological polar surface area (TPSA) is 70.9 Å². The molecule has 0 aliphatic heterocycles. The molecule has 2 heterocycles. The number of nitrogens with zero attached hydrogens (tertiary/aromatic N) is 3. The number of anilines is 1. The van der Waals surface area contributed by atoms with Crippen LogP contribution in [-0.4, -0.2) is 19.4 Å². The van der Waals surface area contributed by atoms with Crippen molar-refractivity contribution in [2.45, 2.75) is 13.2 Å². The summed E-state index contributed by atoms with van der Waals surface area (Å²) < 4.78 is 4.33. The quantitative estimate of drug-likeness (QED) is 0.758. The number of hydrogen-bond donors (Lipinski definition) is 2. The standard InChI is InChI=1S/C13H12N4OS2/c18-7-10-8-19-11(15-10)6-14-13-16-12(17-20-13)9-4-2-1-3-5-9/h1-5,8,18H,6-7H2,(H,14,16,17). The number of benzene rings is 1. The van der Waals surface area contributed by atoms with Gasteiger partial charge in [-0.05, 0) is 0 Å². The molecule has 0 fully saturated rings. The van der Waals surface area contributed by atoms with Gasteiger partial charge in [0, 0.05) is 22.5 Å². The summed E-state index contributed by atoms with van der Waals surface area (Å²) in [5, 5.41) is 15.7. The van der Waals surface area contributed by atoms with Crippen molar-refractivity contribution >= 4 is 28.0 Å². The molecule has 3 aromatic rings. The van der Waals surface area contributed by atoms with E-state index >= 15 is 0 Å². The van der Waals surface area contributed by atoms with Crippen LogP contribution in [-0.2, 0) is 13.2 Å². The van der Waals surface area contributed by atoms with E-state index in [0.717, 1.165) is 21.5 Å². The molecule has 0 aliphatic rings. The molecule has 0 atom stereocenters. The lowest BCUT2D eigenvalue weighted by atomic mass is 10.2. The van der Waals surface area contributed by atoms with E-state index in [1.165, 1.54) is 22.9 Å². The molecular weight excluding hydrogens is 292 g/mol. The molecule has 5 nitrogen and oxygen atoms in total. The van der Waals surface area contributed by atoms with Crippen molar-refractivity contribution in [1.82, 2.24) is 14.3 Å². The Morgan fingerprint density at radius 2 is 2.00 bits per heavy atom. The average Bonchev–Trinajstić information content (AvgIpc) is 3.15. The van der Waals surface area contributed by atoms with E-state index in [1.54, 1.807) is 0 Å². The zero-order chi connectivity index (χ0) is 13.8. The minimum Gasteiger partial charge on any atom is -0.390 e. The first-order valence-corrected chi connectivity index (χ1v) is 7.67. The van der Waals surface area contributed by atoms with Crippen LogP contribution in [0.4, 0.5) is 5.13 Å². The van der Waals surface area contributed by atoms with Crippen molar-refractivity contribution in [1.29, 1.82) is 0 Å². The Hall–Kier alpha value is -1.83. The fourth-order valence-corrected chi connectivity index (χ4v) is 2.96. The lowest BCUT2D eigenvalue weighted by Crippen LogP contribution is -1.98. The van der Waals surface area contributed by atoms with Crippen molar-refractivity contribution in [3.8, 4) is 11.4 Å². The smallest absolute Gasteiger partial charge is 0.203 e. The number of rotatable bonds is 5. The third-order valence-corrected chi connectivity index (χ3v) is 4.18. The molecule has 2 N–H and O–H groups in total. The molecule has 20 heavy (non-hydrogen) atoms. The zero-order valence-electron chi connectivity index (χ0n) is 10.5. The van der Waals surface area contributed by atoms with E-state index < -0.39 is 0 Å². The predicted octanol–water partition coefficient (Wildman–Crippen LogP) is 2.77. The number of hydrogen-bond acceptors (Lipinski definition) is 7. The van der Waals surface area contributed by atoms with Crippen LogP contribution in [0.25, 0.3) is 11.4 Å². The first-order valence-electron chi connectivity index (χ1n) is 6.02. The normalized spacial score (nSPS) is 10.7. The maximum Gasteiger partial charge on any atom is 0.203 e. The fraction of sp³-hybridized carbons (Fsp3) is 0.154. The molecule has 0 spiro atoms. The second-order valence-corrected chi connectivity index (χ2v) is 5.73. The van der Waals surface area contributed by atoms with E-state index in [2.05, 4.69) is 19.7 Å². The van der Waals surface area contributed by atoms with Crippen molar-refractivity contribution in [2.24, 2.45) is 0 Å². The Balaban J connectivity index is 1.65. The Kier molecular flexibility index (Phi) is 4.00. The van der Waals surface area contributed by atoms with Crippen molar-refractivity contribution in [3.05, 3.63) is 46.4 Å². The number of aromatic nitrogens is 3. The summed E-state index contributed by atoms with van der Waals surface area (Å²) in [6.45, 7) is 0.571. The molecule has 3 rings (SSSR count). The molecule has 0 amide bonds. The second-order valence-electron chi connectivity index (χ2n) is 4.03. The summed E-state index contributed by atoms with van der Waals surface area (Å²) in [4.78, 5) is 8.72. The van der Waals surface area contributed by atoms with E-state index in [9.17, 15) is 0 Å². The molecule has 0 aliphatic carbocycles. The van der Waals surface area contributed by atoms with Crippen molar-refractivity contribution < 1.29 is 5.11 Å². The summed E-state index contributed by atoms with van der Waals surface area (Å²) >= 11 is 2.85. The van der Waals surface area contributed by atoms with Gasteiger partial charge in [-0.25, -0.2) is 4.98 Å². The van der Waals surface area contributed by atoms with Crippen LogP contribution in [0.2, 0.25) is 0 Å². The summed E-state index contributed by atoms with van der Waals surface area (Å²) in [6.07, 6.45) is 0. The number of aliphatic hydroxyl groups excluding tert-OH is 1. The molecule has 7 heteroatoms. The number of nitrogens with one attached hydrogen (secondary N) is 1. The summed E-state index contributed by atoms with van der Waals surface area (Å²) in [6, 6.07) is 9.88. The van der Waals surface area contributed by atoms with Gasteiger partial charge >= 0.3 is 0 Å². The third kappa shape index (κ3) is 3.01. The molecule has 102 valence electrons. The van der Waals surface area contributed by atoms with Gasteiger partial charge in [0.25, 0.3) is 0 Å². The fourth-order valence-electron chi connectivity index (χ4n) is 1.65. The van der Waals surface area contributed by atoms with E-state index in [4.69, 9.17) is 5.11 Å². The van der Waals surface area contributed by atoms with Crippen LogP contribution in [0, 0.1) is 0 Å². The van der Waals surface area contributed by atoms with Gasteiger partial charge in [-0.15, -0.1) is 11.3 Å². The van der Waals surface area contributed by atoms with Gasteiger partial charge in [-0.3, -0.25) is 0 Å². The highest BCUT2D eigenvalue weighted by Gasteiger charge is 2.07. The van der Waals surface area contributed by atoms with Gasteiger partial charge in [-0.2, -0.15) is 9.36 Å². The largest absolute Gasteiger partial charge is 0.390 e. The van der Waals surface area contributed by atoms with Gasteiger partial charge in [0.05, 0.1) is 18.8 Å². The molecule has 0 bridgehead atoms. The van der Waals surface area contributed by atoms with Crippen molar-refractivity contribution in [2.75, 3.05) is 5.32 Å². The number of aliphatic hydroxyl groups is 1. The van der Waals surface area contributed by atoms with Gasteiger partial charge in [0.2, 0.25) is 5.13 Å². The first-order chi connectivity index (χ1) is 9.85. The van der Waals surface area contributed by atoms with E-state index in [1.807, 2.05) is 35.7 Å². The monoisotopic (exact) mass is 304 g/mol. The lowest BCUT2D eigenvalue weighted by molar-refractivity contribution is 0.277. The average molecular weight is 304 g/mol. The van der Waals surface area contributed by atoms with Crippen LogP contribution in [0.1, 0.15) is 10.7 Å².